The fraction of sp³-hybridized carbons (Fsp3) is 0.615. The van der Waals surface area contributed by atoms with Crippen LogP contribution in [0.1, 0.15) is 26.0 Å². The number of nitrogens with one attached hydrogen (secondary N) is 2. The molecule has 1 heterocycles. The van der Waals surface area contributed by atoms with Crippen LogP contribution >= 0.6 is 0 Å². The molecule has 0 saturated heterocycles. The highest BCUT2D eigenvalue weighted by molar-refractivity contribution is 5.87. The fourth-order valence-electron chi connectivity index (χ4n) is 1.73. The van der Waals surface area contributed by atoms with Crippen LogP contribution in [0.4, 0.5) is 0 Å². The van der Waals surface area contributed by atoms with E-state index in [2.05, 4.69) is 15.3 Å². The lowest BCUT2D eigenvalue weighted by atomic mass is 9.99. The van der Waals surface area contributed by atoms with E-state index in [9.17, 15) is 9.59 Å². The zero-order valence-corrected chi connectivity index (χ0v) is 12.1. The maximum Gasteiger partial charge on any atom is 0.328 e. The summed E-state index contributed by atoms with van der Waals surface area (Å²) in [5, 5.41) is 2.63. The highest BCUT2D eigenvalue weighted by Crippen LogP contribution is 2.07. The number of carbonyl (C=O) groups excluding carboxylic acids is 2. The lowest BCUT2D eigenvalue weighted by Gasteiger charge is -2.21. The second-order valence-corrected chi connectivity index (χ2v) is 4.78. The minimum absolute atomic E-state index is 0.0421. The number of esters is 1. The number of hydrogen-bond donors (Lipinski definition) is 3. The van der Waals surface area contributed by atoms with Gasteiger partial charge < -0.3 is 20.8 Å². The second-order valence-electron chi connectivity index (χ2n) is 4.78. The lowest BCUT2D eigenvalue weighted by molar-refractivity contribution is -0.145. The Kier molecular flexibility index (Phi) is 6.17. The summed E-state index contributed by atoms with van der Waals surface area (Å²) in [5.41, 5.74) is 6.58. The molecule has 0 bridgehead atoms. The van der Waals surface area contributed by atoms with E-state index in [0.29, 0.717) is 0 Å². The number of imidazole rings is 1. The Morgan fingerprint density at radius 1 is 1.55 bits per heavy atom. The van der Waals surface area contributed by atoms with Crippen molar-refractivity contribution >= 4 is 11.9 Å². The molecule has 7 heteroatoms. The zero-order valence-electron chi connectivity index (χ0n) is 12.1. The molecule has 3 atom stereocenters. The molecule has 1 aromatic rings. The molecular weight excluding hydrogens is 260 g/mol. The number of H-pyrrole nitrogens is 1. The molecule has 0 aliphatic rings. The lowest BCUT2D eigenvalue weighted by Crippen LogP contribution is -2.51. The van der Waals surface area contributed by atoms with Gasteiger partial charge in [-0.1, -0.05) is 20.3 Å². The smallest absolute Gasteiger partial charge is 0.328 e. The van der Waals surface area contributed by atoms with Gasteiger partial charge in [0.25, 0.3) is 0 Å². The van der Waals surface area contributed by atoms with Crippen molar-refractivity contribution < 1.29 is 14.3 Å². The zero-order chi connectivity index (χ0) is 15.1. The highest BCUT2D eigenvalue weighted by atomic mass is 16.5. The maximum absolute atomic E-state index is 12.0. The van der Waals surface area contributed by atoms with Gasteiger partial charge in [-0.05, 0) is 5.92 Å². The molecule has 7 nitrogen and oxygen atoms in total. The summed E-state index contributed by atoms with van der Waals surface area (Å²) >= 11 is 0. The van der Waals surface area contributed by atoms with E-state index < -0.39 is 18.1 Å². The summed E-state index contributed by atoms with van der Waals surface area (Å²) < 4.78 is 4.70. The molecule has 20 heavy (non-hydrogen) atoms. The number of hydrogen-bond acceptors (Lipinski definition) is 5. The molecule has 0 radical (unpaired) electrons. The molecule has 1 unspecified atom stereocenters. The molecule has 4 N–H and O–H groups in total. The minimum Gasteiger partial charge on any atom is -0.467 e. The number of methoxy groups -OCH3 is 1. The summed E-state index contributed by atoms with van der Waals surface area (Å²) in [6.07, 6.45) is 4.18. The van der Waals surface area contributed by atoms with Gasteiger partial charge in [0, 0.05) is 18.3 Å². The van der Waals surface area contributed by atoms with E-state index in [4.69, 9.17) is 10.5 Å². The van der Waals surface area contributed by atoms with Crippen LogP contribution in [0.3, 0.4) is 0 Å². The first kappa shape index (κ1) is 16.2. The summed E-state index contributed by atoms with van der Waals surface area (Å²) in [6.45, 7) is 3.85. The van der Waals surface area contributed by atoms with Crippen molar-refractivity contribution in [3.63, 3.8) is 0 Å². The van der Waals surface area contributed by atoms with Crippen molar-refractivity contribution in [3.8, 4) is 0 Å². The van der Waals surface area contributed by atoms with Crippen LogP contribution in [-0.4, -0.2) is 41.0 Å². The number of ether oxygens (including phenoxy) is 1. The number of nitrogens with two attached hydrogens (primary N) is 1. The Hall–Kier alpha value is -1.89. The summed E-state index contributed by atoms with van der Waals surface area (Å²) in [5.74, 6) is -0.820. The molecule has 1 aromatic heterocycles. The topological polar surface area (TPSA) is 110 Å². The number of rotatable bonds is 7. The van der Waals surface area contributed by atoms with Crippen LogP contribution in [0.5, 0.6) is 0 Å². The fourth-order valence-corrected chi connectivity index (χ4v) is 1.73. The third-order valence-corrected chi connectivity index (χ3v) is 3.34. The molecule has 1 rings (SSSR count). The second kappa shape index (κ2) is 7.64. The van der Waals surface area contributed by atoms with Crippen molar-refractivity contribution in [2.24, 2.45) is 11.7 Å². The van der Waals surface area contributed by atoms with Gasteiger partial charge in [0.15, 0.2) is 0 Å². The first-order chi connectivity index (χ1) is 9.49. The van der Waals surface area contributed by atoms with Gasteiger partial charge in [-0.3, -0.25) is 4.79 Å². The third kappa shape index (κ3) is 4.34. The Labute approximate surface area is 118 Å². The SMILES string of the molecule is CCC(C)[C@H](N)C(=O)N[C@@H](Cc1cnc[nH]1)C(=O)OC. The van der Waals surface area contributed by atoms with Gasteiger partial charge >= 0.3 is 5.97 Å². The summed E-state index contributed by atoms with van der Waals surface area (Å²) in [4.78, 5) is 30.5. The quantitative estimate of drug-likeness (QED) is 0.609. The number of aromatic nitrogens is 2. The number of nitrogens with zero attached hydrogens (tertiary/aromatic N) is 1. The highest BCUT2D eigenvalue weighted by Gasteiger charge is 2.27. The Balaban J connectivity index is 2.69. The molecule has 112 valence electrons. The maximum atomic E-state index is 12.0. The van der Waals surface area contributed by atoms with Crippen LogP contribution < -0.4 is 11.1 Å². The largest absolute Gasteiger partial charge is 0.467 e. The molecule has 0 aliphatic carbocycles. The van der Waals surface area contributed by atoms with E-state index >= 15 is 0 Å². The van der Waals surface area contributed by atoms with Crippen LogP contribution in [0.25, 0.3) is 0 Å². The van der Waals surface area contributed by atoms with Crippen LogP contribution in [0.15, 0.2) is 12.5 Å². The van der Waals surface area contributed by atoms with Crippen molar-refractivity contribution in [1.29, 1.82) is 0 Å². The third-order valence-electron chi connectivity index (χ3n) is 3.34. The van der Waals surface area contributed by atoms with E-state index in [-0.39, 0.29) is 18.2 Å². The van der Waals surface area contributed by atoms with Crippen molar-refractivity contribution in [3.05, 3.63) is 18.2 Å². The normalized spacial score (nSPS) is 15.2. The molecule has 0 aromatic carbocycles. The predicted octanol–water partition coefficient (Wildman–Crippen LogP) is -0.0166. The average Bonchev–Trinajstić information content (AvgIpc) is 2.96. The molecule has 0 fully saturated rings. The molecule has 0 spiro atoms. The van der Waals surface area contributed by atoms with E-state index in [1.165, 1.54) is 13.4 Å². The minimum atomic E-state index is -0.775. The van der Waals surface area contributed by atoms with Gasteiger partial charge in [0.2, 0.25) is 5.91 Å². The number of carbonyl (C=O) groups is 2. The van der Waals surface area contributed by atoms with Gasteiger partial charge in [-0.2, -0.15) is 0 Å². The van der Waals surface area contributed by atoms with Crippen molar-refractivity contribution in [2.75, 3.05) is 7.11 Å². The Bertz CT molecular complexity index is 433. The van der Waals surface area contributed by atoms with Crippen molar-refractivity contribution in [2.45, 2.75) is 38.8 Å². The van der Waals surface area contributed by atoms with Gasteiger partial charge in [0.05, 0.1) is 19.5 Å². The number of aromatic amines is 1. The van der Waals surface area contributed by atoms with Crippen LogP contribution in [-0.2, 0) is 20.7 Å². The average molecular weight is 282 g/mol. The Morgan fingerprint density at radius 3 is 2.75 bits per heavy atom. The predicted molar refractivity (Wildman–Crippen MR) is 73.7 cm³/mol. The molecular formula is C13H22N4O3. The summed E-state index contributed by atoms with van der Waals surface area (Å²) in [7, 11) is 1.28. The van der Waals surface area contributed by atoms with Crippen molar-refractivity contribution in [1.82, 2.24) is 15.3 Å². The van der Waals surface area contributed by atoms with E-state index in [1.54, 1.807) is 6.20 Å². The van der Waals surface area contributed by atoms with Crippen LogP contribution in [0.2, 0.25) is 0 Å². The monoisotopic (exact) mass is 282 g/mol. The molecule has 1 amide bonds. The van der Waals surface area contributed by atoms with Crippen LogP contribution in [0, 0.1) is 5.92 Å². The van der Waals surface area contributed by atoms with Gasteiger partial charge in [-0.15, -0.1) is 0 Å². The first-order valence-corrected chi connectivity index (χ1v) is 6.60. The number of amides is 1. The van der Waals surface area contributed by atoms with Gasteiger partial charge in [-0.25, -0.2) is 9.78 Å². The Morgan fingerprint density at radius 2 is 2.25 bits per heavy atom. The van der Waals surface area contributed by atoms with Gasteiger partial charge in [0.1, 0.15) is 6.04 Å². The standard InChI is InChI=1S/C13H22N4O3/c1-4-8(2)11(14)12(18)17-10(13(19)20-3)5-9-6-15-7-16-9/h6-8,10-11H,4-5,14H2,1-3H3,(H,15,16)(H,17,18)/t8?,10-,11-/m0/s1. The first-order valence-electron chi connectivity index (χ1n) is 6.60. The van der Waals surface area contributed by atoms with E-state index in [1.807, 2.05) is 13.8 Å². The molecule has 0 aliphatic heterocycles. The van der Waals surface area contributed by atoms with E-state index in [0.717, 1.165) is 12.1 Å². The summed E-state index contributed by atoms with van der Waals surface area (Å²) in [6, 6.07) is -1.42. The molecule has 0 saturated carbocycles.